The highest BCUT2D eigenvalue weighted by Crippen LogP contribution is 2.59. The van der Waals surface area contributed by atoms with Crippen LogP contribution in [-0.4, -0.2) is 58.5 Å². The number of hydrogen-bond donors (Lipinski definition) is 2. The average Bonchev–Trinajstić information content (AvgIpc) is 3.61. The lowest BCUT2D eigenvalue weighted by molar-refractivity contribution is -0.0540. The maximum Gasteiger partial charge on any atom is 0.165 e. The number of rotatable bonds is 7. The zero-order valence-corrected chi connectivity index (χ0v) is 20.0. The van der Waals surface area contributed by atoms with Crippen LogP contribution in [0.25, 0.3) is 0 Å². The van der Waals surface area contributed by atoms with Crippen molar-refractivity contribution in [2.75, 3.05) is 20.2 Å². The number of benzene rings is 1. The maximum atomic E-state index is 11.5. The van der Waals surface area contributed by atoms with E-state index < -0.39 is 11.7 Å². The summed E-state index contributed by atoms with van der Waals surface area (Å²) in [4.78, 5) is 7.06. The molecule has 5 atom stereocenters. The van der Waals surface area contributed by atoms with Crippen LogP contribution < -0.4 is 4.74 Å². The highest BCUT2D eigenvalue weighted by Gasteiger charge is 2.60. The van der Waals surface area contributed by atoms with Gasteiger partial charge in [-0.25, -0.2) is 0 Å². The van der Waals surface area contributed by atoms with E-state index in [4.69, 9.17) is 9.47 Å². The molecule has 0 radical (unpaired) electrons. The highest BCUT2D eigenvalue weighted by atomic mass is 16.5. The van der Waals surface area contributed by atoms with Gasteiger partial charge in [-0.1, -0.05) is 18.7 Å². The predicted octanol–water partition coefficient (Wildman–Crippen LogP) is 3.70. The number of nitrogens with zero attached hydrogens (tertiary/aromatic N) is 2. The number of piperidine rings is 1. The number of aromatic hydroxyl groups is 1. The Balaban J connectivity index is 1.39. The summed E-state index contributed by atoms with van der Waals surface area (Å²) < 4.78 is 12.6. The minimum atomic E-state index is -1.39. The van der Waals surface area contributed by atoms with Crippen LogP contribution in [0.5, 0.6) is 11.5 Å². The Hall–Kier alpha value is -2.41. The third-order valence-electron chi connectivity index (χ3n) is 8.78. The standard InChI is InChI=1S/C28H34N2O4/c1-17(27(2,32)22-6-4-5-12-29-22)24(33-3)26-28-11-13-30(16-18-7-8-18)20(15-28)14-19-9-10-21(31)25(34-26)23(19)28/h4-6,9-10,12,18,20,24,26,31-32H,1,7-8,11,13-16H2,2-3H3/t20-,24?,26-,27?,28-/m0/s1. The molecule has 2 fully saturated rings. The van der Waals surface area contributed by atoms with Crippen LogP contribution in [0.15, 0.2) is 48.7 Å². The van der Waals surface area contributed by atoms with Gasteiger partial charge < -0.3 is 19.7 Å². The van der Waals surface area contributed by atoms with E-state index in [2.05, 4.69) is 22.5 Å². The molecular formula is C28H34N2O4. The lowest BCUT2D eigenvalue weighted by Gasteiger charge is -2.52. The van der Waals surface area contributed by atoms with Crippen LogP contribution in [0.2, 0.25) is 0 Å². The van der Waals surface area contributed by atoms with Crippen molar-refractivity contribution in [1.82, 2.24) is 9.88 Å². The SMILES string of the molecule is C=C(C(OC)[C@@H]1Oc2c(O)ccc3c2[C@@]12CCN(CC1CC1)[C@@H](C3)C2)C(C)(O)c1ccccn1. The van der Waals surface area contributed by atoms with Crippen molar-refractivity contribution in [3.8, 4) is 11.5 Å². The molecule has 6 heteroatoms. The lowest BCUT2D eigenvalue weighted by Crippen LogP contribution is -2.60. The fourth-order valence-electron chi connectivity index (χ4n) is 6.71. The first-order valence-corrected chi connectivity index (χ1v) is 12.5. The second-order valence-electron chi connectivity index (χ2n) is 10.9. The quantitative estimate of drug-likeness (QED) is 0.612. The monoisotopic (exact) mass is 462 g/mol. The van der Waals surface area contributed by atoms with E-state index in [0.29, 0.717) is 23.1 Å². The molecule has 6 nitrogen and oxygen atoms in total. The van der Waals surface area contributed by atoms with E-state index in [1.165, 1.54) is 24.9 Å². The molecule has 1 saturated heterocycles. The van der Waals surface area contributed by atoms with E-state index in [0.717, 1.165) is 37.3 Å². The largest absolute Gasteiger partial charge is 0.504 e. The zero-order chi connectivity index (χ0) is 23.7. The van der Waals surface area contributed by atoms with Gasteiger partial charge >= 0.3 is 0 Å². The number of aromatic nitrogens is 1. The van der Waals surface area contributed by atoms with E-state index in [1.54, 1.807) is 32.4 Å². The first kappa shape index (κ1) is 22.1. The fourth-order valence-corrected chi connectivity index (χ4v) is 6.71. The van der Waals surface area contributed by atoms with E-state index in [-0.39, 0.29) is 17.3 Å². The first-order valence-electron chi connectivity index (χ1n) is 12.5. The Bertz CT molecular complexity index is 1110. The number of ether oxygens (including phenoxy) is 2. The molecule has 2 aliphatic carbocycles. The molecule has 2 aliphatic heterocycles. The van der Waals surface area contributed by atoms with Gasteiger partial charge in [-0.2, -0.15) is 0 Å². The Morgan fingerprint density at radius 2 is 2.18 bits per heavy atom. The van der Waals surface area contributed by atoms with Crippen LogP contribution in [-0.2, 0) is 22.2 Å². The second-order valence-corrected chi connectivity index (χ2v) is 10.9. The summed E-state index contributed by atoms with van der Waals surface area (Å²) in [5.41, 5.74) is 1.79. The number of methoxy groups -OCH3 is 1. The van der Waals surface area contributed by atoms with E-state index in [1.807, 2.05) is 12.1 Å². The van der Waals surface area contributed by atoms with Gasteiger partial charge in [0.1, 0.15) is 17.8 Å². The zero-order valence-electron chi connectivity index (χ0n) is 20.0. The Kier molecular flexibility index (Phi) is 5.07. The molecule has 6 rings (SSSR count). The molecule has 180 valence electrons. The van der Waals surface area contributed by atoms with Crippen molar-refractivity contribution in [3.63, 3.8) is 0 Å². The molecule has 1 spiro atoms. The van der Waals surface area contributed by atoms with Gasteiger partial charge in [0.25, 0.3) is 0 Å². The summed E-state index contributed by atoms with van der Waals surface area (Å²) >= 11 is 0. The van der Waals surface area contributed by atoms with Crippen molar-refractivity contribution in [2.24, 2.45) is 5.92 Å². The molecule has 1 aromatic carbocycles. The maximum absolute atomic E-state index is 11.5. The lowest BCUT2D eigenvalue weighted by atomic mass is 9.60. The predicted molar refractivity (Wildman–Crippen MR) is 129 cm³/mol. The molecule has 4 aliphatic rings. The third kappa shape index (κ3) is 3.23. The van der Waals surface area contributed by atoms with Gasteiger partial charge in [-0.3, -0.25) is 9.88 Å². The third-order valence-corrected chi connectivity index (χ3v) is 8.78. The smallest absolute Gasteiger partial charge is 0.165 e. The number of phenolic OH excluding ortho intramolecular Hbond substituents is 1. The molecule has 2 aromatic rings. The van der Waals surface area contributed by atoms with Crippen molar-refractivity contribution < 1.29 is 19.7 Å². The minimum absolute atomic E-state index is 0.177. The van der Waals surface area contributed by atoms with Crippen molar-refractivity contribution in [2.45, 2.75) is 68.3 Å². The van der Waals surface area contributed by atoms with Crippen LogP contribution in [0.4, 0.5) is 0 Å². The number of likely N-dealkylation sites (tertiary alicyclic amines) is 1. The number of aliphatic hydroxyl groups is 1. The molecule has 1 saturated carbocycles. The Morgan fingerprint density at radius 3 is 2.88 bits per heavy atom. The van der Waals surface area contributed by atoms with Gasteiger partial charge in [0.2, 0.25) is 0 Å². The molecule has 2 bridgehead atoms. The Morgan fingerprint density at radius 1 is 1.35 bits per heavy atom. The molecule has 0 amide bonds. The van der Waals surface area contributed by atoms with Crippen molar-refractivity contribution in [3.05, 3.63) is 65.5 Å². The van der Waals surface area contributed by atoms with Crippen molar-refractivity contribution >= 4 is 0 Å². The summed E-state index contributed by atoms with van der Waals surface area (Å²) in [5, 5.41) is 22.3. The molecule has 3 heterocycles. The van der Waals surface area contributed by atoms with Crippen LogP contribution in [0, 0.1) is 5.92 Å². The van der Waals surface area contributed by atoms with Crippen LogP contribution >= 0.6 is 0 Å². The topological polar surface area (TPSA) is 75.0 Å². The second kappa shape index (κ2) is 7.80. The molecule has 2 N–H and O–H groups in total. The van der Waals surface area contributed by atoms with Gasteiger partial charge in [-0.15, -0.1) is 0 Å². The van der Waals surface area contributed by atoms with Crippen molar-refractivity contribution in [1.29, 1.82) is 0 Å². The molecule has 1 aromatic heterocycles. The summed E-state index contributed by atoms with van der Waals surface area (Å²) in [7, 11) is 1.65. The molecule has 34 heavy (non-hydrogen) atoms. The van der Waals surface area contributed by atoms with Gasteiger partial charge in [0.15, 0.2) is 11.5 Å². The number of fused-ring (bicyclic) bond motifs is 1. The number of hydrogen-bond acceptors (Lipinski definition) is 6. The number of pyridine rings is 1. The minimum Gasteiger partial charge on any atom is -0.504 e. The highest BCUT2D eigenvalue weighted by molar-refractivity contribution is 5.60. The molecule has 2 unspecified atom stereocenters. The van der Waals surface area contributed by atoms with E-state index >= 15 is 0 Å². The summed E-state index contributed by atoms with van der Waals surface area (Å²) in [6.07, 6.45) is 6.31. The average molecular weight is 463 g/mol. The van der Waals surface area contributed by atoms with Gasteiger partial charge in [0.05, 0.1) is 5.69 Å². The number of phenols is 1. The summed E-state index contributed by atoms with van der Waals surface area (Å²) in [6.45, 7) is 8.22. The fraction of sp³-hybridized carbons (Fsp3) is 0.536. The van der Waals surface area contributed by atoms with Crippen LogP contribution in [0.1, 0.15) is 49.4 Å². The normalized spacial score (nSPS) is 30.2. The van der Waals surface area contributed by atoms with Crippen LogP contribution in [0.3, 0.4) is 0 Å². The summed E-state index contributed by atoms with van der Waals surface area (Å²) in [5.74, 6) is 1.61. The van der Waals surface area contributed by atoms with E-state index in [9.17, 15) is 10.2 Å². The summed E-state index contributed by atoms with van der Waals surface area (Å²) in [6, 6.07) is 9.77. The first-order chi connectivity index (χ1) is 16.3. The van der Waals surface area contributed by atoms with Gasteiger partial charge in [0, 0.05) is 36.9 Å². The Labute approximate surface area is 201 Å². The molecular weight excluding hydrogens is 428 g/mol. The van der Waals surface area contributed by atoms with Gasteiger partial charge in [-0.05, 0) is 80.8 Å².